The van der Waals surface area contributed by atoms with Crippen molar-refractivity contribution in [3.05, 3.63) is 0 Å². The lowest BCUT2D eigenvalue weighted by atomic mass is 10.1. The minimum absolute atomic E-state index is 0.0651. The molecule has 0 aromatic rings. The maximum absolute atomic E-state index is 11.0. The highest BCUT2D eigenvalue weighted by atomic mass is 16.5. The van der Waals surface area contributed by atoms with E-state index in [-0.39, 0.29) is 17.9 Å². The van der Waals surface area contributed by atoms with E-state index < -0.39 is 0 Å². The minimum Gasteiger partial charge on any atom is -0.466 e. The molecule has 0 amide bonds. The Morgan fingerprint density at radius 3 is 3.00 bits per heavy atom. The summed E-state index contributed by atoms with van der Waals surface area (Å²) in [6.07, 6.45) is 1.72. The Balaban J connectivity index is 2.12. The molecular weight excluding hydrogens is 172 g/mol. The van der Waals surface area contributed by atoms with E-state index in [1.807, 2.05) is 0 Å². The van der Waals surface area contributed by atoms with E-state index in [4.69, 9.17) is 9.47 Å². The maximum atomic E-state index is 11.0. The number of carbonyl (C=O) groups excluding carboxylic acids is 2. The first-order valence-corrected chi connectivity index (χ1v) is 4.56. The van der Waals surface area contributed by atoms with Gasteiger partial charge in [0, 0.05) is 6.42 Å². The molecule has 1 atom stereocenters. The van der Waals surface area contributed by atoms with Crippen molar-refractivity contribution in [2.45, 2.75) is 26.2 Å². The predicted molar refractivity (Wildman–Crippen MR) is 44.9 cm³/mol. The molecule has 1 fully saturated rings. The van der Waals surface area contributed by atoms with Crippen molar-refractivity contribution in [2.75, 3.05) is 13.2 Å². The molecule has 4 nitrogen and oxygen atoms in total. The van der Waals surface area contributed by atoms with Crippen molar-refractivity contribution in [1.29, 1.82) is 0 Å². The monoisotopic (exact) mass is 186 g/mol. The summed E-state index contributed by atoms with van der Waals surface area (Å²) in [5.41, 5.74) is 0. The summed E-state index contributed by atoms with van der Waals surface area (Å²) >= 11 is 0. The van der Waals surface area contributed by atoms with Gasteiger partial charge in [0.1, 0.15) is 0 Å². The minimum atomic E-state index is -0.216. The molecule has 1 saturated heterocycles. The van der Waals surface area contributed by atoms with Crippen LogP contribution in [0.25, 0.3) is 0 Å². The zero-order valence-corrected chi connectivity index (χ0v) is 7.75. The molecule has 0 radical (unpaired) electrons. The van der Waals surface area contributed by atoms with Crippen LogP contribution < -0.4 is 0 Å². The first-order valence-electron chi connectivity index (χ1n) is 4.56. The number of hydrogen-bond acceptors (Lipinski definition) is 4. The summed E-state index contributed by atoms with van der Waals surface area (Å²) in [7, 11) is 0. The second-order valence-electron chi connectivity index (χ2n) is 3.02. The first-order chi connectivity index (χ1) is 6.24. The van der Waals surface area contributed by atoms with Gasteiger partial charge >= 0.3 is 11.9 Å². The first kappa shape index (κ1) is 10.0. The molecule has 1 unspecified atom stereocenters. The number of rotatable bonds is 4. The summed E-state index contributed by atoms with van der Waals surface area (Å²) in [4.78, 5) is 21.7. The summed E-state index contributed by atoms with van der Waals surface area (Å²) in [5, 5.41) is 0. The lowest BCUT2D eigenvalue weighted by Crippen LogP contribution is -2.12. The van der Waals surface area contributed by atoms with Gasteiger partial charge in [-0.1, -0.05) is 6.92 Å². The van der Waals surface area contributed by atoms with Crippen molar-refractivity contribution in [2.24, 2.45) is 5.92 Å². The van der Waals surface area contributed by atoms with Gasteiger partial charge in [0.25, 0.3) is 0 Å². The lowest BCUT2D eigenvalue weighted by molar-refractivity contribution is -0.146. The van der Waals surface area contributed by atoms with Crippen LogP contribution in [0.4, 0.5) is 0 Å². The van der Waals surface area contributed by atoms with Crippen molar-refractivity contribution in [3.63, 3.8) is 0 Å². The molecule has 0 saturated carbocycles. The third kappa shape index (κ3) is 3.05. The van der Waals surface area contributed by atoms with Gasteiger partial charge in [-0.25, -0.2) is 0 Å². The number of ether oxygens (including phenoxy) is 2. The smallest absolute Gasteiger partial charge is 0.309 e. The quantitative estimate of drug-likeness (QED) is 0.612. The fraction of sp³-hybridized carbons (Fsp3) is 0.778. The standard InChI is InChI=1S/C9H14O4/c1-2-8(10)12-5-3-7-4-6-13-9(7)11/h7H,2-6H2,1H3. The number of hydrogen-bond donors (Lipinski definition) is 0. The highest BCUT2D eigenvalue weighted by molar-refractivity contribution is 5.74. The van der Waals surface area contributed by atoms with E-state index in [1.54, 1.807) is 6.92 Å². The fourth-order valence-electron chi connectivity index (χ4n) is 1.22. The van der Waals surface area contributed by atoms with Crippen LogP contribution in [0.15, 0.2) is 0 Å². The Morgan fingerprint density at radius 1 is 1.69 bits per heavy atom. The molecule has 0 aromatic carbocycles. The van der Waals surface area contributed by atoms with Crippen LogP contribution in [0.5, 0.6) is 0 Å². The van der Waals surface area contributed by atoms with Crippen molar-refractivity contribution in [3.8, 4) is 0 Å². The van der Waals surface area contributed by atoms with Crippen LogP contribution in [0.1, 0.15) is 26.2 Å². The van der Waals surface area contributed by atoms with E-state index >= 15 is 0 Å². The lowest BCUT2D eigenvalue weighted by Gasteiger charge is -2.05. The predicted octanol–water partition coefficient (Wildman–Crippen LogP) is 0.893. The van der Waals surface area contributed by atoms with Crippen LogP contribution >= 0.6 is 0 Å². The average Bonchev–Trinajstić information content (AvgIpc) is 2.52. The van der Waals surface area contributed by atoms with Gasteiger partial charge in [-0.3, -0.25) is 9.59 Å². The molecule has 1 aliphatic heterocycles. The molecule has 1 aliphatic rings. The average molecular weight is 186 g/mol. The second kappa shape index (κ2) is 4.84. The van der Waals surface area contributed by atoms with Crippen molar-refractivity contribution < 1.29 is 19.1 Å². The summed E-state index contributed by atoms with van der Waals surface area (Å²) < 4.78 is 9.62. The largest absolute Gasteiger partial charge is 0.466 e. The van der Waals surface area contributed by atoms with E-state index in [0.29, 0.717) is 26.1 Å². The third-order valence-corrected chi connectivity index (χ3v) is 2.06. The molecule has 1 heterocycles. The van der Waals surface area contributed by atoms with Gasteiger partial charge in [-0.2, -0.15) is 0 Å². The van der Waals surface area contributed by atoms with Crippen LogP contribution in [-0.4, -0.2) is 25.2 Å². The molecule has 0 N–H and O–H groups in total. The van der Waals surface area contributed by atoms with Crippen molar-refractivity contribution >= 4 is 11.9 Å². The number of cyclic esters (lactones) is 1. The topological polar surface area (TPSA) is 52.6 Å². The second-order valence-corrected chi connectivity index (χ2v) is 3.02. The van der Waals surface area contributed by atoms with Crippen LogP contribution in [-0.2, 0) is 19.1 Å². The Kier molecular flexibility index (Phi) is 3.73. The van der Waals surface area contributed by atoms with Gasteiger partial charge in [0.2, 0.25) is 0 Å². The van der Waals surface area contributed by atoms with Gasteiger partial charge in [0.15, 0.2) is 0 Å². The zero-order valence-electron chi connectivity index (χ0n) is 7.75. The van der Waals surface area contributed by atoms with Gasteiger partial charge in [-0.15, -0.1) is 0 Å². The molecule has 4 heteroatoms. The van der Waals surface area contributed by atoms with E-state index in [0.717, 1.165) is 6.42 Å². The molecule has 1 rings (SSSR count). The van der Waals surface area contributed by atoms with E-state index in [9.17, 15) is 9.59 Å². The van der Waals surface area contributed by atoms with Gasteiger partial charge < -0.3 is 9.47 Å². The Bertz CT molecular complexity index is 200. The van der Waals surface area contributed by atoms with Crippen LogP contribution in [0, 0.1) is 5.92 Å². The fourth-order valence-corrected chi connectivity index (χ4v) is 1.22. The Morgan fingerprint density at radius 2 is 2.46 bits per heavy atom. The molecule has 13 heavy (non-hydrogen) atoms. The summed E-state index contributed by atoms with van der Waals surface area (Å²) in [5.74, 6) is -0.441. The number of carbonyl (C=O) groups is 2. The van der Waals surface area contributed by atoms with Gasteiger partial charge in [-0.05, 0) is 12.8 Å². The maximum Gasteiger partial charge on any atom is 0.309 e. The molecule has 74 valence electrons. The third-order valence-electron chi connectivity index (χ3n) is 2.06. The van der Waals surface area contributed by atoms with Crippen molar-refractivity contribution in [1.82, 2.24) is 0 Å². The Hall–Kier alpha value is -1.06. The number of esters is 2. The molecule has 0 aromatic heterocycles. The molecule has 0 spiro atoms. The normalized spacial score (nSPS) is 21.3. The summed E-state index contributed by atoms with van der Waals surface area (Å²) in [6, 6.07) is 0. The molecule has 0 bridgehead atoms. The highest BCUT2D eigenvalue weighted by Gasteiger charge is 2.26. The van der Waals surface area contributed by atoms with Gasteiger partial charge in [0.05, 0.1) is 19.1 Å². The summed E-state index contributed by atoms with van der Waals surface area (Å²) in [6.45, 7) is 2.57. The van der Waals surface area contributed by atoms with E-state index in [2.05, 4.69) is 0 Å². The molecule has 0 aliphatic carbocycles. The zero-order chi connectivity index (χ0) is 9.68. The highest BCUT2D eigenvalue weighted by Crippen LogP contribution is 2.17. The van der Waals surface area contributed by atoms with Crippen LogP contribution in [0.2, 0.25) is 0 Å². The molecular formula is C9H14O4. The Labute approximate surface area is 77.2 Å². The van der Waals surface area contributed by atoms with Crippen LogP contribution in [0.3, 0.4) is 0 Å². The van der Waals surface area contributed by atoms with E-state index in [1.165, 1.54) is 0 Å². The SMILES string of the molecule is CCC(=O)OCCC1CCOC1=O.